The summed E-state index contributed by atoms with van der Waals surface area (Å²) < 4.78 is 16.5. The fourth-order valence-electron chi connectivity index (χ4n) is 4.10. The third-order valence-electron chi connectivity index (χ3n) is 6.67. The number of benzene rings is 3. The molecule has 0 aliphatic heterocycles. The Balaban J connectivity index is 1.54. The number of ether oxygens (including phenoxy) is 3. The van der Waals surface area contributed by atoms with Gasteiger partial charge in [0.1, 0.15) is 0 Å². The molecule has 0 spiro atoms. The highest BCUT2D eigenvalue weighted by molar-refractivity contribution is 6.76. The fourth-order valence-corrected chi connectivity index (χ4v) is 5.79. The third kappa shape index (κ3) is 13.4. The van der Waals surface area contributed by atoms with Gasteiger partial charge in [0.15, 0.2) is 0 Å². The van der Waals surface area contributed by atoms with E-state index in [2.05, 4.69) is 89.8 Å². The second-order valence-electron chi connectivity index (χ2n) is 15.8. The van der Waals surface area contributed by atoms with Gasteiger partial charge in [0.05, 0.1) is 59.6 Å². The van der Waals surface area contributed by atoms with Crippen molar-refractivity contribution in [3.63, 3.8) is 0 Å². The SMILES string of the molecule is C[Si](C)(C)COC(=O)c1ccc(Nc2nc(Nc3ccc(C(=O)OC[Si](C)(C)C)cc3)nc(Nc3ccc(C(=O)OC[Si](C)(C)C)cc3)n2)cc1. The molecule has 15 heteroatoms. The normalized spacial score (nSPS) is 11.7. The summed E-state index contributed by atoms with van der Waals surface area (Å²) in [7, 11) is -4.64. The van der Waals surface area contributed by atoms with Gasteiger partial charge < -0.3 is 30.2 Å². The Labute approximate surface area is 302 Å². The molecule has 4 rings (SSSR count). The summed E-state index contributed by atoms with van der Waals surface area (Å²) in [5.74, 6) is -0.431. The molecule has 270 valence electrons. The van der Waals surface area contributed by atoms with E-state index in [1.165, 1.54) is 0 Å². The van der Waals surface area contributed by atoms with Gasteiger partial charge in [-0.3, -0.25) is 0 Å². The lowest BCUT2D eigenvalue weighted by atomic mass is 10.2. The van der Waals surface area contributed by atoms with Gasteiger partial charge in [-0.1, -0.05) is 58.9 Å². The second kappa shape index (κ2) is 16.4. The van der Waals surface area contributed by atoms with Gasteiger partial charge in [-0.05, 0) is 72.8 Å². The van der Waals surface area contributed by atoms with Crippen molar-refractivity contribution in [2.24, 2.45) is 0 Å². The van der Waals surface area contributed by atoms with Crippen LogP contribution in [0.15, 0.2) is 72.8 Å². The van der Waals surface area contributed by atoms with Crippen LogP contribution in [0.25, 0.3) is 0 Å². The number of nitrogens with one attached hydrogen (secondary N) is 3. The minimum atomic E-state index is -1.55. The van der Waals surface area contributed by atoms with Crippen LogP contribution in [0, 0.1) is 0 Å². The molecule has 3 aromatic carbocycles. The number of anilines is 6. The number of esters is 3. The van der Waals surface area contributed by atoms with E-state index in [9.17, 15) is 14.4 Å². The first-order valence-corrected chi connectivity index (χ1v) is 27.8. The summed E-state index contributed by atoms with van der Waals surface area (Å²) in [5, 5.41) is 9.53. The third-order valence-corrected chi connectivity index (χ3v) is 9.71. The Morgan fingerprint density at radius 1 is 0.431 bits per heavy atom. The maximum atomic E-state index is 12.5. The summed E-state index contributed by atoms with van der Waals surface area (Å²) in [6, 6.07) is 20.6. The van der Waals surface area contributed by atoms with E-state index in [1.54, 1.807) is 72.8 Å². The zero-order valence-electron chi connectivity index (χ0n) is 30.8. The van der Waals surface area contributed by atoms with Gasteiger partial charge >= 0.3 is 17.9 Å². The van der Waals surface area contributed by atoms with Crippen LogP contribution in [0.2, 0.25) is 58.9 Å². The van der Waals surface area contributed by atoms with Crippen LogP contribution in [0.5, 0.6) is 0 Å². The Morgan fingerprint density at radius 2 is 0.647 bits per heavy atom. The van der Waals surface area contributed by atoms with Gasteiger partial charge in [-0.25, -0.2) is 14.4 Å². The molecule has 51 heavy (non-hydrogen) atoms. The molecule has 0 amide bonds. The molecule has 0 saturated carbocycles. The van der Waals surface area contributed by atoms with Crippen molar-refractivity contribution in [1.29, 1.82) is 0 Å². The van der Waals surface area contributed by atoms with Gasteiger partial charge in [-0.2, -0.15) is 15.0 Å². The number of carbonyl (C=O) groups is 3. The highest BCUT2D eigenvalue weighted by atomic mass is 28.3. The number of carbonyl (C=O) groups excluding carboxylic acids is 3. The largest absolute Gasteiger partial charge is 0.466 e. The summed E-state index contributed by atoms with van der Waals surface area (Å²) in [6.45, 7) is 19.2. The summed E-state index contributed by atoms with van der Waals surface area (Å²) >= 11 is 0. The van der Waals surface area contributed by atoms with E-state index in [0.29, 0.717) is 52.4 Å². The lowest BCUT2D eigenvalue weighted by Gasteiger charge is -2.16. The summed E-state index contributed by atoms with van der Waals surface area (Å²) in [6.07, 6.45) is 1.33. The van der Waals surface area contributed by atoms with Gasteiger partial charge in [0.25, 0.3) is 0 Å². The van der Waals surface area contributed by atoms with E-state index in [4.69, 9.17) is 14.2 Å². The first-order valence-electron chi connectivity index (χ1n) is 16.7. The Bertz CT molecular complexity index is 1590. The zero-order valence-corrected chi connectivity index (χ0v) is 33.8. The van der Waals surface area contributed by atoms with Crippen LogP contribution in [-0.2, 0) is 14.2 Å². The van der Waals surface area contributed by atoms with Crippen molar-refractivity contribution in [1.82, 2.24) is 15.0 Å². The Kier molecular flexibility index (Phi) is 12.5. The molecular formula is C36H48N6O6Si3. The maximum absolute atomic E-state index is 12.5. The molecule has 0 radical (unpaired) electrons. The highest BCUT2D eigenvalue weighted by Gasteiger charge is 2.20. The molecule has 4 aromatic rings. The number of nitrogens with zero attached hydrogens (tertiary/aromatic N) is 3. The average molecular weight is 745 g/mol. The molecule has 0 bridgehead atoms. The lowest BCUT2D eigenvalue weighted by molar-refractivity contribution is 0.0556. The van der Waals surface area contributed by atoms with Crippen LogP contribution >= 0.6 is 0 Å². The van der Waals surface area contributed by atoms with Gasteiger partial charge in [0, 0.05) is 17.1 Å². The van der Waals surface area contributed by atoms with Crippen LogP contribution in [-0.4, -0.2) is 75.8 Å². The quantitative estimate of drug-likeness (QED) is 0.0611. The molecule has 0 unspecified atom stereocenters. The smallest absolute Gasteiger partial charge is 0.337 e. The van der Waals surface area contributed by atoms with Crippen molar-refractivity contribution >= 4 is 77.0 Å². The topological polar surface area (TPSA) is 154 Å². The van der Waals surface area contributed by atoms with Crippen LogP contribution in [0.4, 0.5) is 34.9 Å². The van der Waals surface area contributed by atoms with Crippen molar-refractivity contribution in [2.75, 3.05) is 34.6 Å². The number of aromatic nitrogens is 3. The van der Waals surface area contributed by atoms with Crippen LogP contribution < -0.4 is 16.0 Å². The van der Waals surface area contributed by atoms with Crippen molar-refractivity contribution in [2.45, 2.75) is 58.9 Å². The molecule has 3 N–H and O–H groups in total. The van der Waals surface area contributed by atoms with E-state index in [-0.39, 0.29) is 35.8 Å². The molecule has 0 aliphatic rings. The van der Waals surface area contributed by atoms with Crippen LogP contribution in [0.1, 0.15) is 31.1 Å². The van der Waals surface area contributed by atoms with E-state index >= 15 is 0 Å². The standard InChI is InChI=1S/C36H48N6O6Si3/c1-49(2,3)22-46-31(43)25-10-16-28(17-11-25)37-34-40-35(38-29-18-12-26(13-19-29)32(44)47-23-50(4,5)6)42-36(41-34)39-30-20-14-27(15-21-30)33(45)48-24-51(7,8)9/h10-21H,22-24H2,1-9H3,(H3,37,38,39,40,41,42). The molecule has 12 nitrogen and oxygen atoms in total. The van der Waals surface area contributed by atoms with E-state index in [0.717, 1.165) is 0 Å². The first-order chi connectivity index (χ1) is 23.8. The number of rotatable bonds is 15. The molecular weight excluding hydrogens is 697 g/mol. The predicted molar refractivity (Wildman–Crippen MR) is 210 cm³/mol. The van der Waals surface area contributed by atoms with Crippen LogP contribution in [0.3, 0.4) is 0 Å². The van der Waals surface area contributed by atoms with Crippen molar-refractivity contribution in [3.8, 4) is 0 Å². The second-order valence-corrected chi connectivity index (χ2v) is 32.1. The molecule has 0 aliphatic carbocycles. The summed E-state index contributed by atoms with van der Waals surface area (Å²) in [5.41, 5.74) is 3.26. The van der Waals surface area contributed by atoms with Gasteiger partial charge in [0.2, 0.25) is 17.8 Å². The average Bonchev–Trinajstić information content (AvgIpc) is 3.05. The Hall–Kier alpha value is -4.87. The minimum absolute atomic E-state index is 0.224. The highest BCUT2D eigenvalue weighted by Crippen LogP contribution is 2.23. The molecule has 0 fully saturated rings. The Morgan fingerprint density at radius 3 is 0.843 bits per heavy atom. The molecule has 1 heterocycles. The number of hydrogen-bond donors (Lipinski definition) is 3. The minimum Gasteiger partial charge on any atom is -0.466 e. The molecule has 1 aromatic heterocycles. The lowest BCUT2D eigenvalue weighted by Crippen LogP contribution is -2.29. The fraction of sp³-hybridized carbons (Fsp3) is 0.333. The van der Waals surface area contributed by atoms with Gasteiger partial charge in [-0.15, -0.1) is 0 Å². The monoisotopic (exact) mass is 744 g/mol. The maximum Gasteiger partial charge on any atom is 0.337 e. The van der Waals surface area contributed by atoms with E-state index < -0.39 is 24.2 Å². The zero-order chi connectivity index (χ0) is 37.4. The van der Waals surface area contributed by atoms with Crippen molar-refractivity contribution < 1.29 is 28.6 Å². The van der Waals surface area contributed by atoms with E-state index in [1.807, 2.05) is 0 Å². The molecule has 0 atom stereocenters. The molecule has 0 saturated heterocycles. The first kappa shape index (κ1) is 38.9. The predicted octanol–water partition coefficient (Wildman–Crippen LogP) is 8.21. The summed E-state index contributed by atoms with van der Waals surface area (Å²) in [4.78, 5) is 51.3. The van der Waals surface area contributed by atoms with Crippen molar-refractivity contribution in [3.05, 3.63) is 89.5 Å². The number of hydrogen-bond acceptors (Lipinski definition) is 12.